The Hall–Kier alpha value is -2.67. The van der Waals surface area contributed by atoms with E-state index >= 15 is 0 Å². The normalized spacial score (nSPS) is 18.7. The number of piperidine rings is 1. The standard InChI is InChI=1S/C22H29N3O4/c1-16(17-7-8-20-21(14-17)29-13-12-28-20)24-22(26)23-15-18(19-6-5-11-27-19)25-9-3-2-4-10-25/h5-8,11,14,16,18H,2-4,9-10,12-13,15H2,1H3,(H2,23,24,26). The first-order chi connectivity index (χ1) is 14.2. The van der Waals surface area contributed by atoms with Crippen LogP contribution in [0.2, 0.25) is 0 Å². The van der Waals surface area contributed by atoms with E-state index in [4.69, 9.17) is 13.9 Å². The van der Waals surface area contributed by atoms with E-state index in [9.17, 15) is 4.79 Å². The van der Waals surface area contributed by atoms with Gasteiger partial charge in [-0.25, -0.2) is 4.79 Å². The van der Waals surface area contributed by atoms with Gasteiger partial charge in [-0.15, -0.1) is 0 Å². The van der Waals surface area contributed by atoms with Crippen molar-refractivity contribution in [1.29, 1.82) is 0 Å². The van der Waals surface area contributed by atoms with Crippen LogP contribution in [0.3, 0.4) is 0 Å². The third kappa shape index (κ3) is 4.85. The number of hydrogen-bond donors (Lipinski definition) is 2. The number of likely N-dealkylation sites (tertiary alicyclic amines) is 1. The maximum absolute atomic E-state index is 12.5. The summed E-state index contributed by atoms with van der Waals surface area (Å²) >= 11 is 0. The molecule has 2 atom stereocenters. The van der Waals surface area contributed by atoms with E-state index < -0.39 is 0 Å². The summed E-state index contributed by atoms with van der Waals surface area (Å²) in [6.07, 6.45) is 5.33. The predicted molar refractivity (Wildman–Crippen MR) is 109 cm³/mol. The van der Waals surface area contributed by atoms with Gasteiger partial charge in [-0.2, -0.15) is 0 Å². The van der Waals surface area contributed by atoms with Crippen molar-refractivity contribution in [3.8, 4) is 11.5 Å². The minimum absolute atomic E-state index is 0.0562. The van der Waals surface area contributed by atoms with Crippen LogP contribution in [0.4, 0.5) is 4.79 Å². The summed E-state index contributed by atoms with van der Waals surface area (Å²) in [7, 11) is 0. The van der Waals surface area contributed by atoms with E-state index in [0.717, 1.165) is 35.9 Å². The number of carbonyl (C=O) groups is 1. The largest absolute Gasteiger partial charge is 0.486 e. The Morgan fingerprint density at radius 3 is 2.66 bits per heavy atom. The molecule has 4 rings (SSSR count). The first kappa shape index (κ1) is 19.6. The average Bonchev–Trinajstić information content (AvgIpc) is 3.29. The van der Waals surface area contributed by atoms with E-state index in [1.807, 2.05) is 37.3 Å². The lowest BCUT2D eigenvalue weighted by Crippen LogP contribution is -2.44. The summed E-state index contributed by atoms with van der Waals surface area (Å²) < 4.78 is 16.8. The van der Waals surface area contributed by atoms with Crippen LogP contribution >= 0.6 is 0 Å². The number of hydrogen-bond acceptors (Lipinski definition) is 5. The fraction of sp³-hybridized carbons (Fsp3) is 0.500. The highest BCUT2D eigenvalue weighted by atomic mass is 16.6. The molecule has 29 heavy (non-hydrogen) atoms. The van der Waals surface area contributed by atoms with Gasteiger partial charge < -0.3 is 24.5 Å². The second kappa shape index (κ2) is 9.22. The highest BCUT2D eigenvalue weighted by molar-refractivity contribution is 5.74. The maximum Gasteiger partial charge on any atom is 0.315 e. The van der Waals surface area contributed by atoms with Crippen molar-refractivity contribution in [2.24, 2.45) is 0 Å². The van der Waals surface area contributed by atoms with Crippen molar-refractivity contribution >= 4 is 6.03 Å². The fourth-order valence-corrected chi connectivity index (χ4v) is 3.97. The number of rotatable bonds is 6. The van der Waals surface area contributed by atoms with Crippen LogP contribution in [0.15, 0.2) is 41.0 Å². The molecule has 2 unspecified atom stereocenters. The number of benzene rings is 1. The number of furan rings is 1. The molecule has 1 fully saturated rings. The summed E-state index contributed by atoms with van der Waals surface area (Å²) in [5.74, 6) is 2.37. The van der Waals surface area contributed by atoms with Gasteiger partial charge in [-0.1, -0.05) is 12.5 Å². The van der Waals surface area contributed by atoms with E-state index in [0.29, 0.717) is 19.8 Å². The van der Waals surface area contributed by atoms with Crippen molar-refractivity contribution in [1.82, 2.24) is 15.5 Å². The molecule has 0 aliphatic carbocycles. The number of fused-ring (bicyclic) bond motifs is 1. The Morgan fingerprint density at radius 1 is 1.10 bits per heavy atom. The summed E-state index contributed by atoms with van der Waals surface area (Å²) in [6.45, 7) is 5.64. The van der Waals surface area contributed by atoms with Crippen molar-refractivity contribution in [3.05, 3.63) is 47.9 Å². The van der Waals surface area contributed by atoms with E-state index in [1.165, 1.54) is 19.3 Å². The summed E-state index contributed by atoms with van der Waals surface area (Å²) in [5.41, 5.74) is 0.975. The Morgan fingerprint density at radius 2 is 1.90 bits per heavy atom. The molecule has 3 heterocycles. The third-order valence-electron chi connectivity index (χ3n) is 5.57. The molecule has 2 aliphatic heterocycles. The van der Waals surface area contributed by atoms with Crippen LogP contribution in [-0.2, 0) is 0 Å². The van der Waals surface area contributed by atoms with Crippen molar-refractivity contribution in [2.45, 2.75) is 38.3 Å². The van der Waals surface area contributed by atoms with Gasteiger partial charge in [0.05, 0.1) is 18.3 Å². The molecule has 1 aromatic carbocycles. The number of nitrogens with one attached hydrogen (secondary N) is 2. The molecule has 0 saturated carbocycles. The lowest BCUT2D eigenvalue weighted by atomic mass is 10.1. The van der Waals surface area contributed by atoms with E-state index in [2.05, 4.69) is 15.5 Å². The molecule has 2 N–H and O–H groups in total. The van der Waals surface area contributed by atoms with Gasteiger partial charge in [0.15, 0.2) is 11.5 Å². The molecule has 0 radical (unpaired) electrons. The first-order valence-corrected chi connectivity index (χ1v) is 10.4. The van der Waals surface area contributed by atoms with Crippen molar-refractivity contribution in [3.63, 3.8) is 0 Å². The van der Waals surface area contributed by atoms with Crippen molar-refractivity contribution in [2.75, 3.05) is 32.8 Å². The predicted octanol–water partition coefficient (Wildman–Crippen LogP) is 3.64. The fourth-order valence-electron chi connectivity index (χ4n) is 3.97. The van der Waals surface area contributed by atoms with Gasteiger partial charge in [0.25, 0.3) is 0 Å². The molecule has 2 aliphatic rings. The topological polar surface area (TPSA) is 76.0 Å². The second-order valence-electron chi connectivity index (χ2n) is 7.61. The van der Waals surface area contributed by atoms with Crippen LogP contribution < -0.4 is 20.1 Å². The molecule has 156 valence electrons. The van der Waals surface area contributed by atoms with Crippen LogP contribution in [-0.4, -0.2) is 43.8 Å². The molecule has 2 amide bonds. The Labute approximate surface area is 171 Å². The van der Waals surface area contributed by atoms with Crippen LogP contribution in [0.5, 0.6) is 11.5 Å². The average molecular weight is 399 g/mol. The highest BCUT2D eigenvalue weighted by Crippen LogP contribution is 2.32. The molecule has 0 bridgehead atoms. The van der Waals surface area contributed by atoms with Crippen LogP contribution in [0.25, 0.3) is 0 Å². The minimum Gasteiger partial charge on any atom is -0.486 e. The van der Waals surface area contributed by atoms with Crippen molar-refractivity contribution < 1.29 is 18.7 Å². The zero-order valence-corrected chi connectivity index (χ0v) is 16.9. The van der Waals surface area contributed by atoms with Gasteiger partial charge in [-0.05, 0) is 62.7 Å². The van der Waals surface area contributed by atoms with Crippen LogP contribution in [0, 0.1) is 0 Å². The molecular weight excluding hydrogens is 370 g/mol. The lowest BCUT2D eigenvalue weighted by molar-refractivity contribution is 0.143. The molecular formula is C22H29N3O4. The zero-order valence-electron chi connectivity index (χ0n) is 16.9. The molecule has 7 nitrogen and oxygen atoms in total. The van der Waals surface area contributed by atoms with Gasteiger partial charge >= 0.3 is 6.03 Å². The van der Waals surface area contributed by atoms with Gasteiger partial charge in [-0.3, -0.25) is 4.90 Å². The van der Waals surface area contributed by atoms with Gasteiger partial charge in [0.2, 0.25) is 0 Å². The Balaban J connectivity index is 1.34. The van der Waals surface area contributed by atoms with E-state index in [1.54, 1.807) is 6.26 Å². The smallest absolute Gasteiger partial charge is 0.315 e. The number of urea groups is 1. The van der Waals surface area contributed by atoms with Gasteiger partial charge in [0.1, 0.15) is 19.0 Å². The quantitative estimate of drug-likeness (QED) is 0.776. The van der Waals surface area contributed by atoms with E-state index in [-0.39, 0.29) is 18.1 Å². The molecule has 0 spiro atoms. The highest BCUT2D eigenvalue weighted by Gasteiger charge is 2.25. The second-order valence-corrected chi connectivity index (χ2v) is 7.61. The zero-order chi connectivity index (χ0) is 20.1. The number of nitrogens with zero attached hydrogens (tertiary/aromatic N) is 1. The monoisotopic (exact) mass is 399 g/mol. The van der Waals surface area contributed by atoms with Crippen LogP contribution in [0.1, 0.15) is 49.6 Å². The van der Waals surface area contributed by atoms with Gasteiger partial charge in [0, 0.05) is 6.54 Å². The number of ether oxygens (including phenoxy) is 2. The third-order valence-corrected chi connectivity index (χ3v) is 5.57. The first-order valence-electron chi connectivity index (χ1n) is 10.4. The molecule has 1 aromatic heterocycles. The minimum atomic E-state index is -0.194. The Kier molecular flexibility index (Phi) is 6.24. The summed E-state index contributed by atoms with van der Waals surface area (Å²) in [6, 6.07) is 9.37. The Bertz CT molecular complexity index is 802. The summed E-state index contributed by atoms with van der Waals surface area (Å²) in [4.78, 5) is 14.9. The summed E-state index contributed by atoms with van der Waals surface area (Å²) in [5, 5.41) is 6.03. The maximum atomic E-state index is 12.5. The number of amides is 2. The molecule has 7 heteroatoms. The molecule has 2 aromatic rings. The SMILES string of the molecule is CC(NC(=O)NCC(c1ccco1)N1CCCCC1)c1ccc2c(c1)OCCO2. The number of carbonyl (C=O) groups excluding carboxylic acids is 1. The molecule has 1 saturated heterocycles. The lowest BCUT2D eigenvalue weighted by Gasteiger charge is -2.33.